The second-order valence-corrected chi connectivity index (χ2v) is 6.14. The summed E-state index contributed by atoms with van der Waals surface area (Å²) in [6, 6.07) is 3.09. The molecule has 0 spiro atoms. The van der Waals surface area contributed by atoms with E-state index in [0.29, 0.717) is 5.41 Å². The Morgan fingerprint density at radius 2 is 2.00 bits per heavy atom. The highest BCUT2D eigenvalue weighted by molar-refractivity contribution is 5.12. The van der Waals surface area contributed by atoms with Crippen LogP contribution in [0.1, 0.15) is 57.8 Å². The van der Waals surface area contributed by atoms with E-state index in [1.165, 1.54) is 37.1 Å². The lowest BCUT2D eigenvalue weighted by atomic mass is 9.78. The summed E-state index contributed by atoms with van der Waals surface area (Å²) in [5, 5.41) is 8.32. The fourth-order valence-electron chi connectivity index (χ4n) is 2.75. The van der Waals surface area contributed by atoms with E-state index in [2.05, 4.69) is 49.0 Å². The van der Waals surface area contributed by atoms with Gasteiger partial charge in [0.2, 0.25) is 0 Å². The van der Waals surface area contributed by atoms with Crippen molar-refractivity contribution in [2.24, 2.45) is 12.5 Å². The average molecular weight is 263 g/mol. The average Bonchev–Trinajstić information content (AvgIpc) is 3.19. The SMILES string of the molecule is CCc1cc(CC(CC)(CC)CNC2CC2)n(C)n1. The van der Waals surface area contributed by atoms with Gasteiger partial charge in [-0.25, -0.2) is 0 Å². The Labute approximate surface area is 117 Å². The minimum Gasteiger partial charge on any atom is -0.313 e. The number of aryl methyl sites for hydroxylation is 2. The molecule has 1 aromatic rings. The Balaban J connectivity index is 2.06. The molecular formula is C16H29N3. The summed E-state index contributed by atoms with van der Waals surface area (Å²) in [5.41, 5.74) is 2.99. The third-order valence-corrected chi connectivity index (χ3v) is 4.79. The van der Waals surface area contributed by atoms with E-state index in [4.69, 9.17) is 0 Å². The second kappa shape index (κ2) is 6.08. The van der Waals surface area contributed by atoms with Gasteiger partial charge in [-0.15, -0.1) is 0 Å². The molecule has 0 aliphatic heterocycles. The van der Waals surface area contributed by atoms with Crippen molar-refractivity contribution >= 4 is 0 Å². The molecule has 19 heavy (non-hydrogen) atoms. The second-order valence-electron chi connectivity index (χ2n) is 6.14. The molecule has 108 valence electrons. The van der Waals surface area contributed by atoms with Gasteiger partial charge in [-0.2, -0.15) is 5.10 Å². The van der Waals surface area contributed by atoms with Crippen molar-refractivity contribution in [2.75, 3.05) is 6.54 Å². The number of nitrogens with zero attached hydrogens (tertiary/aromatic N) is 2. The Hall–Kier alpha value is -0.830. The normalized spacial score (nSPS) is 16.0. The highest BCUT2D eigenvalue weighted by Gasteiger charge is 2.31. The number of hydrogen-bond donors (Lipinski definition) is 1. The van der Waals surface area contributed by atoms with E-state index >= 15 is 0 Å². The summed E-state index contributed by atoms with van der Waals surface area (Å²) in [5.74, 6) is 0. The third-order valence-electron chi connectivity index (χ3n) is 4.79. The smallest absolute Gasteiger partial charge is 0.0624 e. The number of rotatable bonds is 8. The lowest BCUT2D eigenvalue weighted by molar-refractivity contribution is 0.240. The molecule has 1 heterocycles. The van der Waals surface area contributed by atoms with Gasteiger partial charge in [0.15, 0.2) is 0 Å². The van der Waals surface area contributed by atoms with Crippen molar-refractivity contribution in [2.45, 2.75) is 65.3 Å². The molecule has 0 aromatic carbocycles. The van der Waals surface area contributed by atoms with Crippen molar-refractivity contribution < 1.29 is 0 Å². The van der Waals surface area contributed by atoms with Gasteiger partial charge in [0.25, 0.3) is 0 Å². The van der Waals surface area contributed by atoms with Crippen LogP contribution in [0.4, 0.5) is 0 Å². The Kier molecular flexibility index (Phi) is 4.67. The Bertz CT molecular complexity index is 400. The van der Waals surface area contributed by atoms with Crippen molar-refractivity contribution in [3.8, 4) is 0 Å². The van der Waals surface area contributed by atoms with Gasteiger partial charge in [-0.1, -0.05) is 20.8 Å². The highest BCUT2D eigenvalue weighted by Crippen LogP contribution is 2.32. The molecule has 3 nitrogen and oxygen atoms in total. The lowest BCUT2D eigenvalue weighted by Crippen LogP contribution is -2.36. The molecule has 1 N–H and O–H groups in total. The molecule has 2 rings (SSSR count). The van der Waals surface area contributed by atoms with E-state index in [1.54, 1.807) is 0 Å². The van der Waals surface area contributed by atoms with Crippen LogP contribution in [0.25, 0.3) is 0 Å². The van der Waals surface area contributed by atoms with Crippen LogP contribution in [-0.2, 0) is 19.9 Å². The first-order valence-electron chi connectivity index (χ1n) is 7.87. The van der Waals surface area contributed by atoms with Gasteiger partial charge in [-0.3, -0.25) is 4.68 Å². The molecule has 1 fully saturated rings. The molecular weight excluding hydrogens is 234 g/mol. The van der Waals surface area contributed by atoms with Crippen LogP contribution in [-0.4, -0.2) is 22.4 Å². The van der Waals surface area contributed by atoms with E-state index in [1.807, 2.05) is 0 Å². The van der Waals surface area contributed by atoms with Crippen LogP contribution < -0.4 is 5.32 Å². The predicted molar refractivity (Wildman–Crippen MR) is 80.3 cm³/mol. The molecule has 0 amide bonds. The van der Waals surface area contributed by atoms with Gasteiger partial charge in [0.1, 0.15) is 0 Å². The first-order valence-corrected chi connectivity index (χ1v) is 7.87. The maximum absolute atomic E-state index is 4.59. The van der Waals surface area contributed by atoms with Crippen molar-refractivity contribution in [1.29, 1.82) is 0 Å². The fraction of sp³-hybridized carbons (Fsp3) is 0.812. The molecule has 1 saturated carbocycles. The van der Waals surface area contributed by atoms with Crippen LogP contribution >= 0.6 is 0 Å². The molecule has 0 atom stereocenters. The van der Waals surface area contributed by atoms with Crippen molar-refractivity contribution in [1.82, 2.24) is 15.1 Å². The standard InChI is InChI=1S/C16H29N3/c1-5-13-10-15(19(4)18-13)11-16(6-2,7-3)12-17-14-8-9-14/h10,14,17H,5-9,11-12H2,1-4H3. The Morgan fingerprint density at radius 1 is 1.32 bits per heavy atom. The zero-order valence-electron chi connectivity index (χ0n) is 13.0. The summed E-state index contributed by atoms with van der Waals surface area (Å²) in [6.45, 7) is 7.98. The summed E-state index contributed by atoms with van der Waals surface area (Å²) < 4.78 is 2.08. The summed E-state index contributed by atoms with van der Waals surface area (Å²) in [4.78, 5) is 0. The van der Waals surface area contributed by atoms with Gasteiger partial charge in [0.05, 0.1) is 5.69 Å². The number of aromatic nitrogens is 2. The minimum atomic E-state index is 0.390. The monoisotopic (exact) mass is 263 g/mol. The molecule has 0 unspecified atom stereocenters. The fourth-order valence-corrected chi connectivity index (χ4v) is 2.75. The van der Waals surface area contributed by atoms with Crippen LogP contribution in [0.3, 0.4) is 0 Å². The molecule has 1 aliphatic rings. The van der Waals surface area contributed by atoms with Crippen molar-refractivity contribution in [3.63, 3.8) is 0 Å². The largest absolute Gasteiger partial charge is 0.313 e. The molecule has 1 aliphatic carbocycles. The van der Waals surface area contributed by atoms with Crippen LogP contribution in [0.2, 0.25) is 0 Å². The third kappa shape index (κ3) is 3.59. The zero-order valence-corrected chi connectivity index (χ0v) is 13.0. The maximum Gasteiger partial charge on any atom is 0.0624 e. The Morgan fingerprint density at radius 3 is 2.47 bits per heavy atom. The molecule has 0 bridgehead atoms. The van der Waals surface area contributed by atoms with E-state index < -0.39 is 0 Å². The molecule has 0 radical (unpaired) electrons. The van der Waals surface area contributed by atoms with Crippen LogP contribution in [0.5, 0.6) is 0 Å². The summed E-state index contributed by atoms with van der Waals surface area (Å²) in [6.07, 6.45) is 7.37. The topological polar surface area (TPSA) is 29.9 Å². The molecule has 0 saturated heterocycles. The van der Waals surface area contributed by atoms with E-state index in [9.17, 15) is 0 Å². The van der Waals surface area contributed by atoms with Crippen LogP contribution in [0.15, 0.2) is 6.07 Å². The summed E-state index contributed by atoms with van der Waals surface area (Å²) >= 11 is 0. The van der Waals surface area contributed by atoms with E-state index in [0.717, 1.165) is 25.4 Å². The number of hydrogen-bond acceptors (Lipinski definition) is 2. The van der Waals surface area contributed by atoms with Gasteiger partial charge in [0, 0.05) is 25.3 Å². The van der Waals surface area contributed by atoms with Gasteiger partial charge < -0.3 is 5.32 Å². The number of nitrogens with one attached hydrogen (secondary N) is 1. The minimum absolute atomic E-state index is 0.390. The quantitative estimate of drug-likeness (QED) is 0.781. The zero-order chi connectivity index (χ0) is 13.9. The van der Waals surface area contributed by atoms with Crippen molar-refractivity contribution in [3.05, 3.63) is 17.5 Å². The first-order chi connectivity index (χ1) is 9.12. The molecule has 1 aromatic heterocycles. The van der Waals surface area contributed by atoms with Crippen LogP contribution in [0, 0.1) is 5.41 Å². The lowest BCUT2D eigenvalue weighted by Gasteiger charge is -2.32. The van der Waals surface area contributed by atoms with E-state index in [-0.39, 0.29) is 0 Å². The highest BCUT2D eigenvalue weighted by atomic mass is 15.3. The van der Waals surface area contributed by atoms with Gasteiger partial charge >= 0.3 is 0 Å². The van der Waals surface area contributed by atoms with Gasteiger partial charge in [-0.05, 0) is 50.0 Å². The molecule has 3 heteroatoms. The first kappa shape index (κ1) is 14.6. The maximum atomic E-state index is 4.59. The predicted octanol–water partition coefficient (Wildman–Crippen LogP) is 3.08. The summed E-state index contributed by atoms with van der Waals surface area (Å²) in [7, 11) is 2.08.